The van der Waals surface area contributed by atoms with E-state index < -0.39 is 0 Å². The summed E-state index contributed by atoms with van der Waals surface area (Å²) >= 11 is 0. The van der Waals surface area contributed by atoms with Gasteiger partial charge in [-0.25, -0.2) is 44.9 Å². The third-order valence-electron chi connectivity index (χ3n) is 29.7. The summed E-state index contributed by atoms with van der Waals surface area (Å²) in [6.45, 7) is 9.31. The third-order valence-corrected chi connectivity index (χ3v) is 29.7. The molecule has 3 aliphatic carbocycles. The van der Waals surface area contributed by atoms with Crippen molar-refractivity contribution >= 4 is 54.3 Å². The first-order valence-corrected chi connectivity index (χ1v) is 50.2. The normalized spacial score (nSPS) is 14.0. The minimum absolute atomic E-state index is 0.0418. The van der Waals surface area contributed by atoms with Crippen molar-refractivity contribution in [1.29, 1.82) is 0 Å². The van der Waals surface area contributed by atoms with E-state index in [2.05, 4.69) is 438 Å². The van der Waals surface area contributed by atoms with Crippen LogP contribution in [0.2, 0.25) is 0 Å². The molecule has 0 N–H and O–H groups in total. The second kappa shape index (κ2) is 38.0. The Morgan fingerprint density at radius 2 is 0.438 bits per heavy atom. The molecule has 27 rings (SSSR count). The molecule has 12 heteroatoms. The fourth-order valence-electron chi connectivity index (χ4n) is 21.8. The molecule has 12 nitrogen and oxygen atoms in total. The lowest BCUT2D eigenvalue weighted by Crippen LogP contribution is -2.16. The quantitative estimate of drug-likeness (QED) is 0.0959. The molecule has 1 fully saturated rings. The van der Waals surface area contributed by atoms with Gasteiger partial charge in [-0.1, -0.05) is 428 Å². The van der Waals surface area contributed by atoms with E-state index >= 15 is 0 Å². The summed E-state index contributed by atoms with van der Waals surface area (Å²) in [7, 11) is 0. The predicted octanol–water partition coefficient (Wildman–Crippen LogP) is 33.3. The van der Waals surface area contributed by atoms with Crippen LogP contribution in [0.3, 0.4) is 0 Å². The minimum atomic E-state index is -0.0418. The predicted molar refractivity (Wildman–Crippen MR) is 597 cm³/mol. The van der Waals surface area contributed by atoms with E-state index in [1.807, 2.05) is 61.1 Å². The van der Waals surface area contributed by atoms with Crippen molar-refractivity contribution in [3.8, 4) is 169 Å². The largest absolute Gasteiger partial charge is 0.256 e. The molecular weight excluding hydrogens is 1780 g/mol. The number of benzene rings is 18. The first-order valence-electron chi connectivity index (χ1n) is 50.2. The van der Waals surface area contributed by atoms with Gasteiger partial charge >= 0.3 is 0 Å². The van der Waals surface area contributed by atoms with Crippen molar-refractivity contribution < 1.29 is 0 Å². The molecule has 0 atom stereocenters. The first kappa shape index (κ1) is 89.1. The molecule has 0 bridgehead atoms. The first-order chi connectivity index (χ1) is 71.8. The van der Waals surface area contributed by atoms with Crippen molar-refractivity contribution in [2.45, 2.75) is 76.0 Å². The Morgan fingerprint density at radius 1 is 0.171 bits per heavy atom. The number of aromatic nitrogens is 12. The maximum atomic E-state index is 5.14. The lowest BCUT2D eigenvalue weighted by atomic mass is 9.78. The fraction of sp³-hybridized carbons (Fsp3) is 0.0896. The van der Waals surface area contributed by atoms with Gasteiger partial charge in [0.2, 0.25) is 0 Å². The van der Waals surface area contributed by atoms with Crippen molar-refractivity contribution in [3.63, 3.8) is 0 Å². The second-order valence-electron chi connectivity index (χ2n) is 39.3. The van der Waals surface area contributed by atoms with E-state index in [1.165, 1.54) is 105 Å². The molecule has 6 heterocycles. The molecule has 0 saturated heterocycles. The van der Waals surface area contributed by atoms with Crippen LogP contribution >= 0.6 is 0 Å². The Bertz CT molecular complexity index is 8680. The smallest absolute Gasteiger partial charge is 0.164 e. The van der Waals surface area contributed by atoms with Gasteiger partial charge in [-0.05, 0) is 190 Å². The van der Waals surface area contributed by atoms with E-state index in [1.54, 1.807) is 0 Å². The molecule has 18 aromatic carbocycles. The molecule has 0 spiro atoms. The Hall–Kier alpha value is -18.3. The number of fused-ring (bicyclic) bond motifs is 11. The van der Waals surface area contributed by atoms with E-state index in [4.69, 9.17) is 49.8 Å². The molecule has 0 amide bonds. The fourth-order valence-corrected chi connectivity index (χ4v) is 21.8. The number of hydrogen-bond donors (Lipinski definition) is 0. The van der Waals surface area contributed by atoms with Gasteiger partial charge in [0, 0.05) is 107 Å². The summed E-state index contributed by atoms with van der Waals surface area (Å²) in [4.78, 5) is 59.5. The van der Waals surface area contributed by atoms with Crippen LogP contribution in [0, 0.1) is 0 Å². The Balaban J connectivity index is 0.000000115. The van der Waals surface area contributed by atoms with Crippen LogP contribution in [0.5, 0.6) is 0 Å². The number of pyridine rings is 3. The highest BCUT2D eigenvalue weighted by Gasteiger charge is 2.38. The van der Waals surface area contributed by atoms with Gasteiger partial charge in [0.15, 0.2) is 46.6 Å². The van der Waals surface area contributed by atoms with Gasteiger partial charge in [-0.3, -0.25) is 15.0 Å². The summed E-state index contributed by atoms with van der Waals surface area (Å²) in [5.74, 6) is 7.01. The lowest BCUT2D eigenvalue weighted by Gasteiger charge is -2.28. The summed E-state index contributed by atoms with van der Waals surface area (Å²) in [6.07, 6.45) is 9.88. The number of hydrogen-bond acceptors (Lipinski definition) is 12. The average molecular weight is 1880 g/mol. The summed E-state index contributed by atoms with van der Waals surface area (Å²) < 4.78 is 0. The number of rotatable bonds is 15. The van der Waals surface area contributed by atoms with Crippen LogP contribution in [0.4, 0.5) is 0 Å². The monoisotopic (exact) mass is 1870 g/mol. The van der Waals surface area contributed by atoms with Crippen LogP contribution < -0.4 is 0 Å². The molecule has 0 aliphatic heterocycles. The number of nitrogens with zero attached hydrogens (tertiary/aromatic N) is 12. The molecule has 0 radical (unpaired) electrons. The van der Waals surface area contributed by atoms with Gasteiger partial charge in [0.05, 0.1) is 16.6 Å². The molecule has 24 aromatic rings. The third kappa shape index (κ3) is 17.3. The van der Waals surface area contributed by atoms with Crippen LogP contribution in [-0.2, 0) is 10.8 Å². The second-order valence-corrected chi connectivity index (χ2v) is 39.3. The van der Waals surface area contributed by atoms with E-state index in [0.717, 1.165) is 143 Å². The van der Waals surface area contributed by atoms with Gasteiger partial charge in [0.1, 0.15) is 5.82 Å². The standard InChI is InChI=1S/C51H39N3.C45H29N5.C38H30N4/c1-50(2)43-16-10-8-14-39(43)41-28-26-37(30-45(41)50)32-18-22-35(23-19-32)48-52-47(34-12-6-5-7-13-34)53-49(54-48)36-24-20-33(21-25-36)38-27-29-42-40-15-9-11-17-44(40)51(3,4)46(42)31-38;1-2-8-30(9-3-1)31-16-22-36(23-17-31)43-48-44(37-24-18-32(19-25-37)39-14-4-10-34-12-6-28-46-41(34)39)50-45(49-43)38-26-20-33(21-27-38)40-15-5-11-35-13-7-29-47-42(35)40;1-3-9-30-23-32(20-14-25(30)7-1)37-40-36(41-38(42-37)33-21-15-26-8-2-4-10-31(26)24-33)29-18-16-27(17-19-29)34-13-5-11-28-12-6-22-39-35(28)34/h5-31H,1-4H3;1-29H;1-15,20-24,27,29H,16-19H2. The molecule has 3 aliphatic rings. The minimum Gasteiger partial charge on any atom is -0.256 e. The Labute approximate surface area is 848 Å². The van der Waals surface area contributed by atoms with Crippen LogP contribution in [-0.4, -0.2) is 59.8 Å². The maximum Gasteiger partial charge on any atom is 0.164 e. The highest BCUT2D eigenvalue weighted by atomic mass is 15.1. The van der Waals surface area contributed by atoms with E-state index in [0.29, 0.717) is 46.8 Å². The van der Waals surface area contributed by atoms with E-state index in [-0.39, 0.29) is 10.8 Å². The van der Waals surface area contributed by atoms with Crippen LogP contribution in [0.1, 0.15) is 98.9 Å². The summed E-state index contributed by atoms with van der Waals surface area (Å²) in [5.41, 5.74) is 34.3. The SMILES string of the molecule is CC1(C)c2ccccc2-c2ccc(-c3ccc(-c4nc(-c5ccccc5)nc(-c5ccc(-c6ccc7c(c6)C(C)(C)c6ccccc6-7)cc5)n4)cc3)cc21.c1ccc(-c2ccc(-c3nc(-c4ccc(-c5cccc6cccnc56)cc4)nc(-c4ccc(-c5cccc6cccnc56)cc4)n3)cc2)cc1.c1ccc2cc(-c3nc(-c4ccc5ccccc5c4)nc(C4CCC(c5cccc6cccnc56)CC4)n3)ccc2c1. The van der Waals surface area contributed by atoms with Crippen molar-refractivity contribution in [3.05, 3.63) is 495 Å². The molecular formula is C134H98N12. The Morgan fingerprint density at radius 3 is 0.849 bits per heavy atom. The van der Waals surface area contributed by atoms with Gasteiger partial charge in [-0.15, -0.1) is 0 Å². The van der Waals surface area contributed by atoms with E-state index in [9.17, 15) is 0 Å². The molecule has 146 heavy (non-hydrogen) atoms. The summed E-state index contributed by atoms with van der Waals surface area (Å²) in [6, 6.07) is 156. The zero-order valence-corrected chi connectivity index (χ0v) is 81.2. The van der Waals surface area contributed by atoms with Crippen LogP contribution in [0.15, 0.2) is 461 Å². The van der Waals surface area contributed by atoms with Gasteiger partial charge in [0.25, 0.3) is 0 Å². The average Bonchev–Trinajstić information content (AvgIpc) is 1.59. The zero-order chi connectivity index (χ0) is 97.8. The lowest BCUT2D eigenvalue weighted by molar-refractivity contribution is 0.386. The molecule has 6 aromatic heterocycles. The van der Waals surface area contributed by atoms with Crippen molar-refractivity contribution in [2.24, 2.45) is 0 Å². The van der Waals surface area contributed by atoms with Crippen molar-refractivity contribution in [1.82, 2.24) is 59.8 Å². The molecule has 1 saturated carbocycles. The molecule has 0 unspecified atom stereocenters. The zero-order valence-electron chi connectivity index (χ0n) is 81.2. The maximum absolute atomic E-state index is 5.14. The van der Waals surface area contributed by atoms with Crippen molar-refractivity contribution in [2.75, 3.05) is 0 Å². The number of para-hydroxylation sites is 3. The molecule has 694 valence electrons. The van der Waals surface area contributed by atoms with Gasteiger partial charge in [-0.2, -0.15) is 0 Å². The van der Waals surface area contributed by atoms with Gasteiger partial charge < -0.3 is 0 Å². The Kier molecular flexibility index (Phi) is 23.2. The topological polar surface area (TPSA) is 155 Å². The highest BCUT2D eigenvalue weighted by Crippen LogP contribution is 2.53. The van der Waals surface area contributed by atoms with Crippen LogP contribution in [0.25, 0.3) is 223 Å². The highest BCUT2D eigenvalue weighted by molar-refractivity contribution is 5.97. The summed E-state index contributed by atoms with van der Waals surface area (Å²) in [5, 5.41) is 8.25.